The van der Waals surface area contributed by atoms with Crippen LogP contribution in [0.4, 0.5) is 0 Å². The van der Waals surface area contributed by atoms with Crippen molar-refractivity contribution in [1.29, 1.82) is 0 Å². The number of nitrogens with zero attached hydrogens (tertiary/aromatic N) is 3. The van der Waals surface area contributed by atoms with Crippen LogP contribution in [-0.2, 0) is 16.1 Å². The first-order valence-electron chi connectivity index (χ1n) is 7.88. The summed E-state index contributed by atoms with van der Waals surface area (Å²) in [7, 11) is 0. The minimum Gasteiger partial charge on any atom is -0.362 e. The smallest absolute Gasteiger partial charge is 0.222 e. The van der Waals surface area contributed by atoms with Crippen molar-refractivity contribution in [2.75, 3.05) is 19.7 Å². The van der Waals surface area contributed by atoms with Crippen molar-refractivity contribution >= 4 is 17.9 Å². The molecule has 124 valence electrons. The van der Waals surface area contributed by atoms with Crippen LogP contribution in [0.2, 0.25) is 0 Å². The number of hydrogen-bond donors (Lipinski definition) is 1. The average molecular weight is 327 g/mol. The van der Waals surface area contributed by atoms with Crippen LogP contribution in [0.5, 0.6) is 0 Å². The largest absolute Gasteiger partial charge is 0.362 e. The van der Waals surface area contributed by atoms with E-state index in [-0.39, 0.29) is 11.3 Å². The van der Waals surface area contributed by atoms with Gasteiger partial charge in [-0.3, -0.25) is 4.79 Å². The summed E-state index contributed by atoms with van der Waals surface area (Å²) in [6, 6.07) is 0. The molecule has 7 heteroatoms. The number of unbranched alkanes of at least 4 members (excludes halogenated alkanes) is 3. The van der Waals surface area contributed by atoms with E-state index in [1.54, 1.807) is 4.90 Å². The Morgan fingerprint density at radius 2 is 2.27 bits per heavy atom. The van der Waals surface area contributed by atoms with E-state index < -0.39 is 0 Å². The van der Waals surface area contributed by atoms with Gasteiger partial charge in [0.25, 0.3) is 0 Å². The lowest BCUT2D eigenvalue weighted by Gasteiger charge is -2.31. The molecular formula is C15H25N3O3S. The molecule has 1 aliphatic rings. The number of ether oxygens (including phenoxy) is 1. The number of amides is 1. The highest BCUT2D eigenvalue weighted by Crippen LogP contribution is 2.16. The van der Waals surface area contributed by atoms with Crippen molar-refractivity contribution in [2.45, 2.75) is 51.0 Å². The van der Waals surface area contributed by atoms with Crippen LogP contribution in [0.3, 0.4) is 0 Å². The molecule has 1 saturated heterocycles. The summed E-state index contributed by atoms with van der Waals surface area (Å²) in [6.45, 7) is 4.64. The van der Waals surface area contributed by atoms with Gasteiger partial charge in [-0.05, 0) is 19.8 Å². The van der Waals surface area contributed by atoms with Crippen LogP contribution in [-0.4, -0.2) is 50.0 Å². The molecule has 1 aromatic heterocycles. The number of hydrogen-bond acceptors (Lipinski definition) is 5. The summed E-state index contributed by atoms with van der Waals surface area (Å²) in [4.78, 5) is 18.1. The van der Waals surface area contributed by atoms with Gasteiger partial charge in [0.05, 0.1) is 13.2 Å². The fraction of sp³-hybridized carbons (Fsp3) is 0.733. The molecule has 1 atom stereocenters. The number of aryl methyl sites for hydroxylation is 2. The van der Waals surface area contributed by atoms with Crippen molar-refractivity contribution in [1.82, 2.24) is 14.5 Å². The summed E-state index contributed by atoms with van der Waals surface area (Å²) >= 11 is 0.678. The Balaban J connectivity index is 1.54. The van der Waals surface area contributed by atoms with Crippen LogP contribution in [0.25, 0.3) is 0 Å². The minimum atomic E-state index is -0.295. The van der Waals surface area contributed by atoms with E-state index in [1.165, 1.54) is 0 Å². The van der Waals surface area contributed by atoms with Crippen molar-refractivity contribution in [3.63, 3.8) is 0 Å². The Hall–Kier alpha value is -1.05. The lowest BCUT2D eigenvalue weighted by molar-refractivity contribution is -0.136. The Bertz CT molecular complexity index is 467. The van der Waals surface area contributed by atoms with E-state index in [9.17, 15) is 4.79 Å². The minimum absolute atomic E-state index is 0.174. The summed E-state index contributed by atoms with van der Waals surface area (Å²) < 4.78 is 16.5. The van der Waals surface area contributed by atoms with Gasteiger partial charge < -0.3 is 18.8 Å². The third-order valence-electron chi connectivity index (χ3n) is 3.97. The predicted octanol–water partition coefficient (Wildman–Crippen LogP) is 2.53. The van der Waals surface area contributed by atoms with Crippen LogP contribution >= 0.6 is 12.0 Å². The first kappa shape index (κ1) is 17.3. The number of rotatable bonds is 8. The monoisotopic (exact) mass is 327 g/mol. The molecule has 0 aliphatic carbocycles. The van der Waals surface area contributed by atoms with Gasteiger partial charge in [-0.15, -0.1) is 0 Å². The fourth-order valence-corrected chi connectivity index (χ4v) is 3.02. The highest BCUT2D eigenvalue weighted by molar-refractivity contribution is 7.94. The zero-order valence-electron chi connectivity index (χ0n) is 13.1. The molecule has 1 unspecified atom stereocenters. The Labute approximate surface area is 136 Å². The standard InChI is InChI=1S/C15H25N3O3S/c1-13-16-7-9-17(13)8-5-3-2-4-6-14(19)18-10-11-21-15(12-18)22-20/h7,9,15,20H,2-6,8,10-12H2,1H3. The van der Waals surface area contributed by atoms with Crippen molar-refractivity contribution in [3.8, 4) is 0 Å². The quantitative estimate of drug-likeness (QED) is 0.587. The zero-order chi connectivity index (χ0) is 15.8. The van der Waals surface area contributed by atoms with Gasteiger partial charge in [0.2, 0.25) is 5.91 Å². The summed E-state index contributed by atoms with van der Waals surface area (Å²) in [5.41, 5.74) is -0.295. The van der Waals surface area contributed by atoms with Crippen LogP contribution in [0, 0.1) is 6.92 Å². The van der Waals surface area contributed by atoms with E-state index in [0.29, 0.717) is 38.2 Å². The molecule has 6 nitrogen and oxygen atoms in total. The number of imidazole rings is 1. The lowest BCUT2D eigenvalue weighted by atomic mass is 10.1. The van der Waals surface area contributed by atoms with Crippen LogP contribution < -0.4 is 0 Å². The van der Waals surface area contributed by atoms with Crippen LogP contribution in [0.1, 0.15) is 37.9 Å². The van der Waals surface area contributed by atoms with Gasteiger partial charge in [-0.1, -0.05) is 12.8 Å². The molecule has 0 aromatic carbocycles. The fourth-order valence-electron chi connectivity index (χ4n) is 2.62. The average Bonchev–Trinajstić information content (AvgIpc) is 2.95. The first-order valence-corrected chi connectivity index (χ1v) is 8.71. The topological polar surface area (TPSA) is 67.6 Å². The van der Waals surface area contributed by atoms with Gasteiger partial charge in [0.1, 0.15) is 11.3 Å². The molecule has 0 spiro atoms. The molecule has 1 fully saturated rings. The van der Waals surface area contributed by atoms with E-state index >= 15 is 0 Å². The molecule has 0 radical (unpaired) electrons. The van der Waals surface area contributed by atoms with Gasteiger partial charge in [0, 0.05) is 43.9 Å². The third kappa shape index (κ3) is 5.30. The van der Waals surface area contributed by atoms with Gasteiger partial charge >= 0.3 is 0 Å². The van der Waals surface area contributed by atoms with E-state index in [1.807, 2.05) is 19.3 Å². The lowest BCUT2D eigenvalue weighted by Crippen LogP contribution is -2.44. The van der Waals surface area contributed by atoms with E-state index in [2.05, 4.69) is 9.55 Å². The Kier molecular flexibility index (Phi) is 7.21. The van der Waals surface area contributed by atoms with E-state index in [0.717, 1.165) is 38.1 Å². The number of carbonyl (C=O) groups excluding carboxylic acids is 1. The number of morpholine rings is 1. The zero-order valence-corrected chi connectivity index (χ0v) is 13.9. The summed E-state index contributed by atoms with van der Waals surface area (Å²) in [6.07, 6.45) is 8.67. The second-order valence-corrected chi connectivity index (χ2v) is 6.31. The second-order valence-electron chi connectivity index (χ2n) is 5.58. The predicted molar refractivity (Wildman–Crippen MR) is 86.6 cm³/mol. The SMILES string of the molecule is Cc1nccn1CCCCCCC(=O)N1CCOC(SO)C1. The van der Waals surface area contributed by atoms with Crippen molar-refractivity contribution in [2.24, 2.45) is 0 Å². The third-order valence-corrected chi connectivity index (χ3v) is 4.49. The molecule has 2 rings (SSSR count). The molecular weight excluding hydrogens is 302 g/mol. The maximum absolute atomic E-state index is 12.1. The van der Waals surface area contributed by atoms with Crippen LogP contribution in [0.15, 0.2) is 12.4 Å². The van der Waals surface area contributed by atoms with Gasteiger partial charge in [-0.25, -0.2) is 4.98 Å². The second kappa shape index (κ2) is 9.17. The molecule has 22 heavy (non-hydrogen) atoms. The maximum Gasteiger partial charge on any atom is 0.222 e. The van der Waals surface area contributed by atoms with Crippen molar-refractivity contribution in [3.05, 3.63) is 18.2 Å². The normalized spacial score (nSPS) is 18.6. The first-order chi connectivity index (χ1) is 10.7. The van der Waals surface area contributed by atoms with Gasteiger partial charge in [-0.2, -0.15) is 0 Å². The molecule has 1 aliphatic heterocycles. The van der Waals surface area contributed by atoms with Crippen molar-refractivity contribution < 1.29 is 14.1 Å². The molecule has 1 aromatic rings. The molecule has 1 amide bonds. The highest BCUT2D eigenvalue weighted by Gasteiger charge is 2.23. The van der Waals surface area contributed by atoms with Gasteiger partial charge in [0.15, 0.2) is 0 Å². The summed E-state index contributed by atoms with van der Waals surface area (Å²) in [5, 5.41) is 0. The number of carbonyl (C=O) groups is 1. The van der Waals surface area contributed by atoms with E-state index in [4.69, 9.17) is 9.29 Å². The summed E-state index contributed by atoms with van der Waals surface area (Å²) in [5.74, 6) is 1.23. The molecule has 1 N–H and O–H groups in total. The maximum atomic E-state index is 12.1. The molecule has 0 saturated carbocycles. The Morgan fingerprint density at radius 1 is 1.45 bits per heavy atom. The Morgan fingerprint density at radius 3 is 3.00 bits per heavy atom. The number of aromatic nitrogens is 2. The molecule has 2 heterocycles. The highest BCUT2D eigenvalue weighted by atomic mass is 32.2. The molecule has 0 bridgehead atoms.